The average molecular weight is 228 g/mol. The minimum atomic E-state index is -0.800. The normalized spacial score (nSPS) is 14.6. The van der Waals surface area contributed by atoms with Crippen LogP contribution in [0.5, 0.6) is 5.75 Å². The molecule has 90 valence electrons. The molecule has 0 bridgehead atoms. The monoisotopic (exact) mass is 228 g/mol. The van der Waals surface area contributed by atoms with Crippen molar-refractivity contribution >= 4 is 0 Å². The van der Waals surface area contributed by atoms with Gasteiger partial charge in [0.2, 0.25) is 0 Å². The SMILES string of the molecule is COCC(C)C(O)c1cc(F)ccc1OC. The fourth-order valence-electron chi connectivity index (χ4n) is 1.60. The van der Waals surface area contributed by atoms with Crippen LogP contribution in [0.2, 0.25) is 0 Å². The van der Waals surface area contributed by atoms with Gasteiger partial charge in [-0.1, -0.05) is 6.92 Å². The highest BCUT2D eigenvalue weighted by Crippen LogP contribution is 2.30. The molecule has 16 heavy (non-hydrogen) atoms. The van der Waals surface area contributed by atoms with E-state index in [1.165, 1.54) is 25.3 Å². The Kier molecular flexibility index (Phi) is 4.71. The van der Waals surface area contributed by atoms with Crippen molar-refractivity contribution in [2.24, 2.45) is 5.92 Å². The van der Waals surface area contributed by atoms with E-state index >= 15 is 0 Å². The first-order chi connectivity index (χ1) is 7.60. The van der Waals surface area contributed by atoms with Gasteiger partial charge >= 0.3 is 0 Å². The van der Waals surface area contributed by atoms with Gasteiger partial charge in [-0.3, -0.25) is 0 Å². The van der Waals surface area contributed by atoms with Gasteiger partial charge in [0.15, 0.2) is 0 Å². The third kappa shape index (κ3) is 2.93. The van der Waals surface area contributed by atoms with Crippen molar-refractivity contribution in [2.75, 3.05) is 20.8 Å². The number of benzene rings is 1. The molecule has 4 heteroatoms. The molecule has 0 radical (unpaired) electrons. The van der Waals surface area contributed by atoms with E-state index in [0.29, 0.717) is 17.9 Å². The standard InChI is InChI=1S/C12H17FO3/c1-8(7-15-2)12(14)10-6-9(13)4-5-11(10)16-3/h4-6,8,12,14H,7H2,1-3H3. The summed E-state index contributed by atoms with van der Waals surface area (Å²) in [7, 11) is 3.05. The van der Waals surface area contributed by atoms with Crippen molar-refractivity contribution in [3.63, 3.8) is 0 Å². The molecule has 0 aliphatic heterocycles. The van der Waals surface area contributed by atoms with Crippen LogP contribution in [0.25, 0.3) is 0 Å². The molecule has 0 aliphatic rings. The molecule has 2 unspecified atom stereocenters. The van der Waals surface area contributed by atoms with Crippen molar-refractivity contribution in [1.82, 2.24) is 0 Å². The number of methoxy groups -OCH3 is 2. The van der Waals surface area contributed by atoms with Gasteiger partial charge in [0.25, 0.3) is 0 Å². The van der Waals surface area contributed by atoms with E-state index in [0.717, 1.165) is 0 Å². The average Bonchev–Trinajstić information content (AvgIpc) is 2.28. The summed E-state index contributed by atoms with van der Waals surface area (Å²) in [6, 6.07) is 4.10. The molecule has 2 atom stereocenters. The summed E-state index contributed by atoms with van der Waals surface area (Å²) in [6.07, 6.45) is -0.800. The van der Waals surface area contributed by atoms with Crippen LogP contribution in [0.4, 0.5) is 4.39 Å². The minimum Gasteiger partial charge on any atom is -0.496 e. The van der Waals surface area contributed by atoms with Crippen LogP contribution in [0.1, 0.15) is 18.6 Å². The Balaban J connectivity index is 2.96. The van der Waals surface area contributed by atoms with Gasteiger partial charge < -0.3 is 14.6 Å². The zero-order valence-electron chi connectivity index (χ0n) is 9.74. The van der Waals surface area contributed by atoms with E-state index in [9.17, 15) is 9.50 Å². The van der Waals surface area contributed by atoms with Crippen LogP contribution in [0.15, 0.2) is 18.2 Å². The minimum absolute atomic E-state index is 0.124. The maximum absolute atomic E-state index is 13.1. The van der Waals surface area contributed by atoms with Gasteiger partial charge in [0.1, 0.15) is 11.6 Å². The molecule has 0 spiro atoms. The summed E-state index contributed by atoms with van der Waals surface area (Å²) in [4.78, 5) is 0. The Bertz CT molecular complexity index is 341. The number of aliphatic hydroxyl groups excluding tert-OH is 1. The van der Waals surface area contributed by atoms with Crippen molar-refractivity contribution in [2.45, 2.75) is 13.0 Å². The predicted octanol–water partition coefficient (Wildman–Crippen LogP) is 2.15. The van der Waals surface area contributed by atoms with Crippen LogP contribution >= 0.6 is 0 Å². The fourth-order valence-corrected chi connectivity index (χ4v) is 1.60. The zero-order chi connectivity index (χ0) is 12.1. The molecule has 1 rings (SSSR count). The molecular formula is C12H17FO3. The molecular weight excluding hydrogens is 211 g/mol. The fraction of sp³-hybridized carbons (Fsp3) is 0.500. The predicted molar refractivity (Wildman–Crippen MR) is 59.0 cm³/mol. The third-order valence-electron chi connectivity index (χ3n) is 2.48. The van der Waals surface area contributed by atoms with E-state index in [2.05, 4.69) is 0 Å². The summed E-state index contributed by atoms with van der Waals surface area (Å²) in [5.41, 5.74) is 0.451. The molecule has 0 aliphatic carbocycles. The summed E-state index contributed by atoms with van der Waals surface area (Å²) >= 11 is 0. The number of hydrogen-bond donors (Lipinski definition) is 1. The van der Waals surface area contributed by atoms with E-state index in [1.807, 2.05) is 6.92 Å². The third-order valence-corrected chi connectivity index (χ3v) is 2.48. The van der Waals surface area contributed by atoms with Gasteiger partial charge in [0, 0.05) is 18.6 Å². The van der Waals surface area contributed by atoms with Crippen LogP contribution in [0.3, 0.4) is 0 Å². The first-order valence-corrected chi connectivity index (χ1v) is 5.10. The maximum Gasteiger partial charge on any atom is 0.124 e. The van der Waals surface area contributed by atoms with Crippen molar-refractivity contribution in [3.8, 4) is 5.75 Å². The Morgan fingerprint density at radius 2 is 2.06 bits per heavy atom. The summed E-state index contributed by atoms with van der Waals surface area (Å²) in [5.74, 6) is -0.0305. The zero-order valence-corrected chi connectivity index (χ0v) is 9.74. The largest absolute Gasteiger partial charge is 0.496 e. The van der Waals surface area contributed by atoms with Crippen molar-refractivity contribution in [1.29, 1.82) is 0 Å². The number of halogens is 1. The second-order valence-electron chi connectivity index (χ2n) is 3.76. The Morgan fingerprint density at radius 1 is 1.38 bits per heavy atom. The van der Waals surface area contributed by atoms with E-state index in [1.54, 1.807) is 7.11 Å². The highest BCUT2D eigenvalue weighted by molar-refractivity contribution is 5.35. The number of rotatable bonds is 5. The van der Waals surface area contributed by atoms with Gasteiger partial charge in [-0.2, -0.15) is 0 Å². The molecule has 0 fully saturated rings. The van der Waals surface area contributed by atoms with Crippen LogP contribution in [-0.2, 0) is 4.74 Å². The second kappa shape index (κ2) is 5.82. The van der Waals surface area contributed by atoms with Crippen LogP contribution in [-0.4, -0.2) is 25.9 Å². The molecule has 1 N–H and O–H groups in total. The van der Waals surface area contributed by atoms with Gasteiger partial charge in [0.05, 0.1) is 19.8 Å². The quantitative estimate of drug-likeness (QED) is 0.839. The summed E-state index contributed by atoms with van der Waals surface area (Å²) in [6.45, 7) is 2.24. The number of aliphatic hydroxyl groups is 1. The molecule has 3 nitrogen and oxygen atoms in total. The lowest BCUT2D eigenvalue weighted by Crippen LogP contribution is -2.15. The second-order valence-corrected chi connectivity index (χ2v) is 3.76. The van der Waals surface area contributed by atoms with Crippen LogP contribution in [0, 0.1) is 11.7 Å². The Morgan fingerprint density at radius 3 is 2.62 bits per heavy atom. The van der Waals surface area contributed by atoms with E-state index in [-0.39, 0.29) is 11.7 Å². The van der Waals surface area contributed by atoms with E-state index in [4.69, 9.17) is 9.47 Å². The van der Waals surface area contributed by atoms with Gasteiger partial charge in [-0.05, 0) is 18.2 Å². The lowest BCUT2D eigenvalue weighted by Gasteiger charge is -2.20. The molecule has 0 saturated carbocycles. The lowest BCUT2D eigenvalue weighted by atomic mass is 9.97. The molecule has 0 heterocycles. The molecule has 1 aromatic rings. The molecule has 0 aromatic heterocycles. The highest BCUT2D eigenvalue weighted by Gasteiger charge is 2.20. The number of ether oxygens (including phenoxy) is 2. The van der Waals surface area contributed by atoms with E-state index < -0.39 is 6.10 Å². The van der Waals surface area contributed by atoms with Crippen molar-refractivity contribution < 1.29 is 19.0 Å². The lowest BCUT2D eigenvalue weighted by molar-refractivity contribution is 0.0549. The van der Waals surface area contributed by atoms with Crippen molar-refractivity contribution in [3.05, 3.63) is 29.6 Å². The van der Waals surface area contributed by atoms with Crippen LogP contribution < -0.4 is 4.74 Å². The maximum atomic E-state index is 13.1. The smallest absolute Gasteiger partial charge is 0.124 e. The topological polar surface area (TPSA) is 38.7 Å². The van der Waals surface area contributed by atoms with Gasteiger partial charge in [-0.15, -0.1) is 0 Å². The first-order valence-electron chi connectivity index (χ1n) is 5.10. The Hall–Kier alpha value is -1.13. The summed E-state index contributed by atoms with van der Waals surface area (Å²) in [5, 5.41) is 10.0. The molecule has 1 aromatic carbocycles. The Labute approximate surface area is 94.8 Å². The van der Waals surface area contributed by atoms with Gasteiger partial charge in [-0.25, -0.2) is 4.39 Å². The molecule has 0 amide bonds. The molecule has 0 saturated heterocycles. The number of hydrogen-bond acceptors (Lipinski definition) is 3. The first kappa shape index (κ1) is 12.9. The highest BCUT2D eigenvalue weighted by atomic mass is 19.1. The summed E-state index contributed by atoms with van der Waals surface area (Å²) < 4.78 is 23.1.